The number of ether oxygens (including phenoxy) is 3. The predicted octanol–water partition coefficient (Wildman–Crippen LogP) is -5.39. The minimum atomic E-state index is -2.68. The van der Waals surface area contributed by atoms with Crippen molar-refractivity contribution in [2.45, 2.75) is 74.1 Å². The van der Waals surface area contributed by atoms with Crippen molar-refractivity contribution >= 4 is 17.7 Å². The lowest BCUT2D eigenvalue weighted by atomic mass is 9.88. The van der Waals surface area contributed by atoms with Gasteiger partial charge in [0, 0.05) is 19.5 Å². The summed E-state index contributed by atoms with van der Waals surface area (Å²) in [7, 11) is 0. The van der Waals surface area contributed by atoms with Crippen LogP contribution in [-0.4, -0.2) is 125 Å². The fourth-order valence-electron chi connectivity index (χ4n) is 4.21. The summed E-state index contributed by atoms with van der Waals surface area (Å²) in [5.41, 5.74) is 4.55. The van der Waals surface area contributed by atoms with Crippen LogP contribution in [-0.2, 0) is 23.8 Å². The number of nitrogens with zero attached hydrogens (tertiary/aromatic N) is 2. The zero-order chi connectivity index (χ0) is 27.7. The highest BCUT2D eigenvalue weighted by Gasteiger charge is 2.56. The smallest absolute Gasteiger partial charge is 0.364 e. The van der Waals surface area contributed by atoms with E-state index in [-0.39, 0.29) is 5.82 Å². The molecule has 0 unspecified atom stereocenters. The van der Waals surface area contributed by atoms with Crippen molar-refractivity contribution in [1.82, 2.24) is 14.9 Å². The van der Waals surface area contributed by atoms with Crippen LogP contribution in [0, 0.1) is 0 Å². The molecule has 3 heterocycles. The number of aromatic nitrogens is 2. The van der Waals surface area contributed by atoms with Gasteiger partial charge in [-0.1, -0.05) is 0 Å². The summed E-state index contributed by atoms with van der Waals surface area (Å²) < 4.78 is 17.3. The highest BCUT2D eigenvalue weighted by molar-refractivity contribution is 5.76. The van der Waals surface area contributed by atoms with Gasteiger partial charge in [-0.05, 0) is 6.07 Å². The monoisotopic (exact) mass is 534 g/mol. The molecule has 2 aliphatic rings. The molecule has 0 aliphatic carbocycles. The lowest BCUT2D eigenvalue weighted by Crippen LogP contribution is -2.68. The van der Waals surface area contributed by atoms with E-state index in [2.05, 4.69) is 10.3 Å². The average Bonchev–Trinajstić information content (AvgIpc) is 3.11. The van der Waals surface area contributed by atoms with E-state index in [1.807, 2.05) is 0 Å². The number of carboxylic acid groups (broad SMARTS) is 1. The van der Waals surface area contributed by atoms with Gasteiger partial charge < -0.3 is 61.0 Å². The summed E-state index contributed by atoms with van der Waals surface area (Å²) in [6.45, 7) is -0.608. The molecule has 10 atom stereocenters. The van der Waals surface area contributed by atoms with Crippen LogP contribution >= 0.6 is 0 Å². The highest BCUT2D eigenvalue weighted by Crippen LogP contribution is 2.35. The van der Waals surface area contributed by atoms with E-state index in [4.69, 9.17) is 19.9 Å². The van der Waals surface area contributed by atoms with Crippen LogP contribution in [0.15, 0.2) is 17.1 Å². The zero-order valence-electron chi connectivity index (χ0n) is 19.5. The Bertz CT molecular complexity index is 1040. The van der Waals surface area contributed by atoms with Gasteiger partial charge in [-0.3, -0.25) is 9.36 Å². The maximum Gasteiger partial charge on any atom is 0.364 e. The maximum absolute atomic E-state index is 12.2. The molecule has 208 valence electrons. The van der Waals surface area contributed by atoms with E-state index < -0.39 is 98.0 Å². The SMILES string of the molecule is CC(=O)N[C@H]1[C@H]([C@H](O)[C@H](O)CO)O[C@@](OC[C@H]2O[C@@H](n3ccc(N)nc3=O)[C@H](O)[C@@H]2O)(C(=O)O)C[C@@H]1O. The van der Waals surface area contributed by atoms with Gasteiger partial charge in [0.15, 0.2) is 6.23 Å². The minimum Gasteiger partial charge on any atom is -0.477 e. The van der Waals surface area contributed by atoms with Crippen molar-refractivity contribution < 1.29 is 59.5 Å². The first-order valence-corrected chi connectivity index (χ1v) is 11.1. The first-order valence-electron chi connectivity index (χ1n) is 11.1. The van der Waals surface area contributed by atoms with Gasteiger partial charge in [0.1, 0.15) is 42.4 Å². The number of amides is 1. The van der Waals surface area contributed by atoms with Gasteiger partial charge in [0.2, 0.25) is 5.91 Å². The van der Waals surface area contributed by atoms with E-state index in [1.165, 1.54) is 12.3 Å². The average molecular weight is 534 g/mol. The number of carbonyl (C=O) groups excluding carboxylic acids is 1. The Labute approximate surface area is 208 Å². The molecule has 10 N–H and O–H groups in total. The Balaban J connectivity index is 1.82. The molecule has 3 rings (SSSR count). The Morgan fingerprint density at radius 2 is 2.00 bits per heavy atom. The molecule has 37 heavy (non-hydrogen) atoms. The molecule has 0 saturated carbocycles. The van der Waals surface area contributed by atoms with Gasteiger partial charge in [0.05, 0.1) is 25.4 Å². The largest absolute Gasteiger partial charge is 0.477 e. The number of carbonyl (C=O) groups is 2. The van der Waals surface area contributed by atoms with Crippen LogP contribution in [0.25, 0.3) is 0 Å². The van der Waals surface area contributed by atoms with Crippen molar-refractivity contribution in [2.75, 3.05) is 18.9 Å². The summed E-state index contributed by atoms with van der Waals surface area (Å²) in [6, 6.07) is -0.142. The molecule has 0 spiro atoms. The fraction of sp³-hybridized carbons (Fsp3) is 0.700. The molecule has 2 fully saturated rings. The summed E-state index contributed by atoms with van der Waals surface area (Å²) in [6.07, 6.45) is -13.0. The number of nitrogen functional groups attached to an aromatic ring is 1. The van der Waals surface area contributed by atoms with E-state index in [0.29, 0.717) is 0 Å². The number of carboxylic acids is 1. The predicted molar refractivity (Wildman–Crippen MR) is 117 cm³/mol. The van der Waals surface area contributed by atoms with Gasteiger partial charge in [-0.25, -0.2) is 9.59 Å². The summed E-state index contributed by atoms with van der Waals surface area (Å²) in [4.78, 5) is 39.4. The van der Waals surface area contributed by atoms with Gasteiger partial charge in [-0.2, -0.15) is 4.98 Å². The van der Waals surface area contributed by atoms with Gasteiger partial charge in [-0.15, -0.1) is 0 Å². The second-order valence-corrected chi connectivity index (χ2v) is 8.78. The standard InChI is InChI=1S/C20H30N4O13/c1-7(26)22-12-8(27)4-20(18(32)33,37-16(12)13(29)9(28)5-25)35-6-10-14(30)15(31)17(36-10)24-3-2-11(21)23-19(24)34/h2-3,8-10,12-17,25,27-31H,4-6H2,1H3,(H,22,26)(H,32,33)(H2,21,23,34)/t8-,9+,10+,12+,13+,14+,15+,16+,17+,20+/m0/s1. The summed E-state index contributed by atoms with van der Waals surface area (Å²) in [5, 5.41) is 73.2. The quantitative estimate of drug-likeness (QED) is 0.143. The number of rotatable bonds is 9. The second kappa shape index (κ2) is 11.3. The van der Waals surface area contributed by atoms with Gasteiger partial charge in [0.25, 0.3) is 5.79 Å². The molecule has 0 aromatic carbocycles. The second-order valence-electron chi connectivity index (χ2n) is 8.78. The molecular weight excluding hydrogens is 504 g/mol. The van der Waals surface area contributed by atoms with Crippen molar-refractivity contribution in [3.63, 3.8) is 0 Å². The molecule has 0 bridgehead atoms. The molecule has 1 amide bonds. The number of hydrogen-bond acceptors (Lipinski definition) is 14. The molecular formula is C20H30N4O13. The third kappa shape index (κ3) is 5.89. The van der Waals surface area contributed by atoms with Crippen molar-refractivity contribution in [2.24, 2.45) is 0 Å². The fourth-order valence-corrected chi connectivity index (χ4v) is 4.21. The van der Waals surface area contributed by atoms with E-state index in [0.717, 1.165) is 11.5 Å². The van der Waals surface area contributed by atoms with Crippen molar-refractivity contribution in [1.29, 1.82) is 0 Å². The number of aliphatic carboxylic acids is 1. The summed E-state index contributed by atoms with van der Waals surface area (Å²) in [5.74, 6) is -5.21. The number of nitrogens with one attached hydrogen (secondary N) is 1. The Kier molecular flexibility index (Phi) is 8.83. The summed E-state index contributed by atoms with van der Waals surface area (Å²) >= 11 is 0. The molecule has 2 saturated heterocycles. The first kappa shape index (κ1) is 28.8. The third-order valence-corrected chi connectivity index (χ3v) is 6.13. The topological polar surface area (TPSA) is 276 Å². The molecule has 17 nitrogen and oxygen atoms in total. The van der Waals surface area contributed by atoms with E-state index in [9.17, 15) is 50.1 Å². The van der Waals surface area contributed by atoms with E-state index >= 15 is 0 Å². The van der Waals surface area contributed by atoms with Crippen LogP contribution < -0.4 is 16.7 Å². The zero-order valence-corrected chi connectivity index (χ0v) is 19.5. The normalized spacial score (nSPS) is 35.6. The highest BCUT2D eigenvalue weighted by atomic mass is 16.7. The number of hydrogen-bond donors (Lipinski definition) is 9. The maximum atomic E-state index is 12.2. The van der Waals surface area contributed by atoms with Crippen LogP contribution in [0.3, 0.4) is 0 Å². The number of aliphatic hydroxyl groups excluding tert-OH is 6. The Hall–Kier alpha value is -2.74. The van der Waals surface area contributed by atoms with Gasteiger partial charge >= 0.3 is 11.7 Å². The van der Waals surface area contributed by atoms with Crippen LogP contribution in [0.5, 0.6) is 0 Å². The van der Waals surface area contributed by atoms with E-state index in [1.54, 1.807) is 0 Å². The van der Waals surface area contributed by atoms with Crippen LogP contribution in [0.2, 0.25) is 0 Å². The molecule has 2 aliphatic heterocycles. The lowest BCUT2D eigenvalue weighted by molar-refractivity contribution is -0.316. The van der Waals surface area contributed by atoms with Crippen molar-refractivity contribution in [3.8, 4) is 0 Å². The molecule has 1 aromatic heterocycles. The number of anilines is 1. The molecule has 1 aromatic rings. The Morgan fingerprint density at radius 3 is 2.57 bits per heavy atom. The first-order chi connectivity index (χ1) is 17.3. The minimum absolute atomic E-state index is 0.0915. The van der Waals surface area contributed by atoms with Crippen LogP contribution in [0.4, 0.5) is 5.82 Å². The Morgan fingerprint density at radius 1 is 1.32 bits per heavy atom. The van der Waals surface area contributed by atoms with Crippen LogP contribution in [0.1, 0.15) is 19.6 Å². The number of nitrogens with two attached hydrogens (primary N) is 1. The number of aliphatic hydroxyl groups is 6. The molecule has 17 heteroatoms. The third-order valence-electron chi connectivity index (χ3n) is 6.13. The molecule has 0 radical (unpaired) electrons. The lowest BCUT2D eigenvalue weighted by Gasteiger charge is -2.46. The van der Waals surface area contributed by atoms with Crippen molar-refractivity contribution in [3.05, 3.63) is 22.7 Å².